The second-order valence-electron chi connectivity index (χ2n) is 7.11. The summed E-state index contributed by atoms with van der Waals surface area (Å²) in [7, 11) is -3.31. The lowest BCUT2D eigenvalue weighted by molar-refractivity contribution is 0.204. The molecule has 0 aliphatic carbocycles. The maximum atomic E-state index is 12.6. The molecule has 0 amide bonds. The van der Waals surface area contributed by atoms with Gasteiger partial charge in [-0.1, -0.05) is 35.8 Å². The maximum Gasteiger partial charge on any atom is 0.245 e. The summed E-state index contributed by atoms with van der Waals surface area (Å²) in [6, 6.07) is 7.35. The van der Waals surface area contributed by atoms with E-state index < -0.39 is 10.0 Å². The molecule has 0 spiro atoms. The van der Waals surface area contributed by atoms with Gasteiger partial charge in [-0.25, -0.2) is 8.42 Å². The van der Waals surface area contributed by atoms with E-state index in [0.717, 1.165) is 29.5 Å². The number of nitrogens with zero attached hydrogens (tertiary/aromatic N) is 4. The monoisotopic (exact) mass is 404 g/mol. The first kappa shape index (κ1) is 19.1. The number of hydrogen-bond acceptors (Lipinski definition) is 7. The van der Waals surface area contributed by atoms with Crippen molar-refractivity contribution in [3.8, 4) is 0 Å². The number of fused-ring (bicyclic) bond motifs is 1. The van der Waals surface area contributed by atoms with Crippen LogP contribution in [0.2, 0.25) is 0 Å². The van der Waals surface area contributed by atoms with Gasteiger partial charge >= 0.3 is 0 Å². The quantitative estimate of drug-likeness (QED) is 0.595. The molecule has 28 heavy (non-hydrogen) atoms. The molecule has 1 aliphatic heterocycles. The molecule has 4 rings (SSSR count). The summed E-state index contributed by atoms with van der Waals surface area (Å²) in [4.78, 5) is 4.50. The highest BCUT2D eigenvalue weighted by Gasteiger charge is 2.36. The molecule has 3 aromatic rings. The van der Waals surface area contributed by atoms with Crippen LogP contribution in [0.5, 0.6) is 0 Å². The van der Waals surface area contributed by atoms with Gasteiger partial charge in [-0.15, -0.1) is 0 Å². The van der Waals surface area contributed by atoms with Crippen LogP contribution in [-0.4, -0.2) is 40.3 Å². The Morgan fingerprint density at radius 2 is 2.00 bits per heavy atom. The minimum atomic E-state index is -3.31. The summed E-state index contributed by atoms with van der Waals surface area (Å²) >= 11 is 0. The molecule has 1 fully saturated rings. The SMILES string of the molecule is CCCS(=O)(=O)N1CCCCC1c1nc(CCc2noc3ccccc23)no1. The molecule has 150 valence electrons. The van der Waals surface area contributed by atoms with Crippen molar-refractivity contribution < 1.29 is 17.5 Å². The molecule has 0 bridgehead atoms. The van der Waals surface area contributed by atoms with E-state index in [4.69, 9.17) is 9.05 Å². The van der Waals surface area contributed by atoms with Crippen molar-refractivity contribution in [2.75, 3.05) is 12.3 Å². The van der Waals surface area contributed by atoms with Gasteiger partial charge in [0.05, 0.1) is 11.4 Å². The molecule has 1 saturated heterocycles. The summed E-state index contributed by atoms with van der Waals surface area (Å²) in [5.41, 5.74) is 1.61. The number of hydrogen-bond donors (Lipinski definition) is 0. The number of aryl methyl sites for hydroxylation is 2. The average Bonchev–Trinajstić information content (AvgIpc) is 3.33. The highest BCUT2D eigenvalue weighted by molar-refractivity contribution is 7.89. The van der Waals surface area contributed by atoms with Crippen molar-refractivity contribution in [1.29, 1.82) is 0 Å². The van der Waals surface area contributed by atoms with E-state index in [0.29, 0.717) is 43.9 Å². The minimum Gasteiger partial charge on any atom is -0.356 e. The Balaban J connectivity index is 1.48. The average molecular weight is 404 g/mol. The van der Waals surface area contributed by atoms with Crippen LogP contribution in [0.15, 0.2) is 33.3 Å². The predicted octanol–water partition coefficient (Wildman–Crippen LogP) is 3.26. The molecular formula is C19H24N4O4S. The first-order valence-electron chi connectivity index (χ1n) is 9.74. The Morgan fingerprint density at radius 3 is 2.86 bits per heavy atom. The van der Waals surface area contributed by atoms with Crippen LogP contribution in [-0.2, 0) is 22.9 Å². The lowest BCUT2D eigenvalue weighted by Gasteiger charge is -2.32. The van der Waals surface area contributed by atoms with Crippen LogP contribution >= 0.6 is 0 Å². The van der Waals surface area contributed by atoms with Crippen LogP contribution in [0.3, 0.4) is 0 Å². The molecule has 2 aromatic heterocycles. The number of para-hydroxylation sites is 1. The minimum absolute atomic E-state index is 0.143. The van der Waals surface area contributed by atoms with Crippen molar-refractivity contribution in [3.05, 3.63) is 41.7 Å². The Kier molecular flexibility index (Phi) is 5.45. The summed E-state index contributed by atoms with van der Waals surface area (Å²) in [5, 5.41) is 9.17. The van der Waals surface area contributed by atoms with E-state index in [2.05, 4.69) is 15.3 Å². The molecule has 1 atom stereocenters. The molecule has 0 radical (unpaired) electrons. The highest BCUT2D eigenvalue weighted by Crippen LogP contribution is 2.32. The molecule has 8 nitrogen and oxygen atoms in total. The van der Waals surface area contributed by atoms with E-state index in [1.807, 2.05) is 31.2 Å². The standard InChI is InChI=1S/C19H24N4O4S/c1-2-13-28(24,25)23-12-6-5-8-16(23)19-20-18(22-27-19)11-10-15-14-7-3-4-9-17(14)26-21-15/h3-4,7,9,16H,2,5-6,8,10-13H2,1H3. The van der Waals surface area contributed by atoms with Gasteiger partial charge in [0.15, 0.2) is 11.4 Å². The van der Waals surface area contributed by atoms with Crippen molar-refractivity contribution in [3.63, 3.8) is 0 Å². The number of benzene rings is 1. The number of aromatic nitrogens is 3. The van der Waals surface area contributed by atoms with Crippen LogP contribution in [0.25, 0.3) is 11.0 Å². The van der Waals surface area contributed by atoms with Crippen LogP contribution < -0.4 is 0 Å². The third kappa shape index (κ3) is 3.81. The molecule has 1 aliphatic rings. The van der Waals surface area contributed by atoms with E-state index >= 15 is 0 Å². The van der Waals surface area contributed by atoms with Gasteiger partial charge in [0, 0.05) is 24.8 Å². The third-order valence-corrected chi connectivity index (χ3v) is 7.16. The number of sulfonamides is 1. The summed E-state index contributed by atoms with van der Waals surface area (Å²) in [6.45, 7) is 2.38. The lowest BCUT2D eigenvalue weighted by atomic mass is 10.1. The third-order valence-electron chi connectivity index (χ3n) is 5.08. The van der Waals surface area contributed by atoms with E-state index in [1.165, 1.54) is 0 Å². The largest absolute Gasteiger partial charge is 0.356 e. The Labute approximate surface area is 163 Å². The molecule has 0 saturated carbocycles. The molecule has 1 unspecified atom stereocenters. The first-order chi connectivity index (χ1) is 13.6. The normalized spacial score (nSPS) is 18.7. The first-order valence-corrected chi connectivity index (χ1v) is 11.3. The number of rotatable bonds is 7. The van der Waals surface area contributed by atoms with Crippen molar-refractivity contribution in [2.24, 2.45) is 0 Å². The van der Waals surface area contributed by atoms with E-state index in [9.17, 15) is 8.42 Å². The molecule has 0 N–H and O–H groups in total. The van der Waals surface area contributed by atoms with Crippen molar-refractivity contribution in [1.82, 2.24) is 19.6 Å². The second-order valence-corrected chi connectivity index (χ2v) is 9.15. The van der Waals surface area contributed by atoms with Gasteiger partial charge in [0.25, 0.3) is 0 Å². The lowest BCUT2D eigenvalue weighted by Crippen LogP contribution is -2.39. The summed E-state index contributed by atoms with van der Waals surface area (Å²) in [6.07, 6.45) is 4.28. The molecule has 9 heteroatoms. The van der Waals surface area contributed by atoms with Gasteiger partial charge < -0.3 is 9.05 Å². The fourth-order valence-electron chi connectivity index (χ4n) is 3.71. The zero-order valence-electron chi connectivity index (χ0n) is 15.9. The number of piperidine rings is 1. The van der Waals surface area contributed by atoms with Crippen LogP contribution in [0, 0.1) is 0 Å². The fraction of sp³-hybridized carbons (Fsp3) is 0.526. The molecule has 1 aromatic carbocycles. The van der Waals surface area contributed by atoms with Crippen LogP contribution in [0.4, 0.5) is 0 Å². The zero-order valence-corrected chi connectivity index (χ0v) is 16.7. The maximum absolute atomic E-state index is 12.6. The van der Waals surface area contributed by atoms with Gasteiger partial charge in [-0.3, -0.25) is 0 Å². The topological polar surface area (TPSA) is 102 Å². The Morgan fingerprint density at radius 1 is 1.14 bits per heavy atom. The smallest absolute Gasteiger partial charge is 0.245 e. The Hall–Kier alpha value is -2.26. The van der Waals surface area contributed by atoms with Gasteiger partial charge in [0.1, 0.15) is 6.04 Å². The summed E-state index contributed by atoms with van der Waals surface area (Å²) < 4.78 is 37.5. The fourth-order valence-corrected chi connectivity index (χ4v) is 5.45. The predicted molar refractivity (Wildman–Crippen MR) is 103 cm³/mol. The van der Waals surface area contributed by atoms with Crippen LogP contribution in [0.1, 0.15) is 56.1 Å². The Bertz CT molecular complexity index is 1040. The van der Waals surface area contributed by atoms with Gasteiger partial charge in [-0.2, -0.15) is 9.29 Å². The second kappa shape index (κ2) is 8.00. The van der Waals surface area contributed by atoms with Gasteiger partial charge in [-0.05, 0) is 31.4 Å². The molecular weight excluding hydrogens is 380 g/mol. The van der Waals surface area contributed by atoms with Crippen molar-refractivity contribution in [2.45, 2.75) is 51.5 Å². The summed E-state index contributed by atoms with van der Waals surface area (Å²) in [5.74, 6) is 1.09. The highest BCUT2D eigenvalue weighted by atomic mass is 32.2. The van der Waals surface area contributed by atoms with E-state index in [1.54, 1.807) is 4.31 Å². The zero-order chi connectivity index (χ0) is 19.6. The van der Waals surface area contributed by atoms with E-state index in [-0.39, 0.29) is 11.8 Å². The van der Waals surface area contributed by atoms with Crippen molar-refractivity contribution >= 4 is 21.0 Å². The molecule has 3 heterocycles. The van der Waals surface area contributed by atoms with Gasteiger partial charge in [0.2, 0.25) is 15.9 Å².